The van der Waals surface area contributed by atoms with Crippen LogP contribution in [0.15, 0.2) is 42.5 Å². The summed E-state index contributed by atoms with van der Waals surface area (Å²) in [6.07, 6.45) is 0.226. The summed E-state index contributed by atoms with van der Waals surface area (Å²) < 4.78 is 18.0. The van der Waals surface area contributed by atoms with E-state index in [9.17, 15) is 19.3 Å². The predicted octanol–water partition coefficient (Wildman–Crippen LogP) is 3.50. The van der Waals surface area contributed by atoms with E-state index in [1.54, 1.807) is 31.2 Å². The van der Waals surface area contributed by atoms with Crippen molar-refractivity contribution in [2.45, 2.75) is 13.3 Å². The SMILES string of the molecule is CCOC(=O)c1cccc(Cc2ccc(F)cc2[N+](=O)[O-])c1. The van der Waals surface area contributed by atoms with E-state index < -0.39 is 16.7 Å². The zero-order valence-electron chi connectivity index (χ0n) is 11.9. The van der Waals surface area contributed by atoms with Crippen molar-refractivity contribution in [1.82, 2.24) is 0 Å². The zero-order valence-corrected chi connectivity index (χ0v) is 11.9. The molecule has 0 amide bonds. The fourth-order valence-corrected chi connectivity index (χ4v) is 2.10. The molecule has 0 bridgehead atoms. The molecule has 114 valence electrons. The summed E-state index contributed by atoms with van der Waals surface area (Å²) in [4.78, 5) is 22.1. The molecule has 0 aliphatic rings. The van der Waals surface area contributed by atoms with E-state index in [4.69, 9.17) is 4.74 Å². The van der Waals surface area contributed by atoms with Gasteiger partial charge in [0.1, 0.15) is 5.82 Å². The second-order valence-electron chi connectivity index (χ2n) is 4.63. The fraction of sp³-hybridized carbons (Fsp3) is 0.188. The summed E-state index contributed by atoms with van der Waals surface area (Å²) in [6.45, 7) is 1.98. The van der Waals surface area contributed by atoms with Crippen molar-refractivity contribution in [2.24, 2.45) is 0 Å². The molecule has 0 N–H and O–H groups in total. The van der Waals surface area contributed by atoms with Gasteiger partial charge >= 0.3 is 5.97 Å². The van der Waals surface area contributed by atoms with Crippen LogP contribution in [0.25, 0.3) is 0 Å². The molecule has 0 fully saturated rings. The summed E-state index contributed by atoms with van der Waals surface area (Å²) in [5.41, 5.74) is 1.19. The van der Waals surface area contributed by atoms with Gasteiger partial charge in [-0.05, 0) is 36.8 Å². The third-order valence-corrected chi connectivity index (χ3v) is 3.08. The molecule has 2 rings (SSSR count). The molecule has 0 radical (unpaired) electrons. The number of nitrogens with zero attached hydrogens (tertiary/aromatic N) is 1. The van der Waals surface area contributed by atoms with Crippen molar-refractivity contribution in [3.05, 3.63) is 75.1 Å². The first kappa shape index (κ1) is 15.6. The molecule has 0 spiro atoms. The Morgan fingerprint density at radius 2 is 2.05 bits per heavy atom. The van der Waals surface area contributed by atoms with Crippen LogP contribution in [-0.2, 0) is 11.2 Å². The van der Waals surface area contributed by atoms with Gasteiger partial charge in [-0.2, -0.15) is 0 Å². The Morgan fingerprint density at radius 1 is 1.27 bits per heavy atom. The van der Waals surface area contributed by atoms with Gasteiger partial charge in [0.15, 0.2) is 0 Å². The molecule has 2 aromatic carbocycles. The molecule has 0 atom stereocenters. The zero-order chi connectivity index (χ0) is 16.1. The normalized spacial score (nSPS) is 10.3. The molecular formula is C16H14FNO4. The minimum atomic E-state index is -0.657. The van der Waals surface area contributed by atoms with Crippen LogP contribution in [0.5, 0.6) is 0 Å². The van der Waals surface area contributed by atoms with Gasteiger partial charge in [0, 0.05) is 12.0 Å². The van der Waals surface area contributed by atoms with E-state index in [1.807, 2.05) is 0 Å². The van der Waals surface area contributed by atoms with Gasteiger partial charge in [0.25, 0.3) is 5.69 Å². The summed E-state index contributed by atoms with van der Waals surface area (Å²) in [7, 11) is 0. The maximum atomic E-state index is 13.1. The van der Waals surface area contributed by atoms with Crippen LogP contribution in [0.2, 0.25) is 0 Å². The predicted molar refractivity (Wildman–Crippen MR) is 78.3 cm³/mol. The van der Waals surface area contributed by atoms with Gasteiger partial charge in [-0.1, -0.05) is 12.1 Å². The number of nitro benzene ring substituents is 1. The van der Waals surface area contributed by atoms with Gasteiger partial charge in [0.05, 0.1) is 23.2 Å². The standard InChI is InChI=1S/C16H14FNO4/c1-2-22-16(19)13-5-3-4-11(9-13)8-12-6-7-14(17)10-15(12)18(20)21/h3-7,9-10H,2,8H2,1H3. The first-order valence-corrected chi connectivity index (χ1v) is 6.70. The maximum Gasteiger partial charge on any atom is 0.338 e. The summed E-state index contributed by atoms with van der Waals surface area (Å²) in [5, 5.41) is 11.0. The minimum absolute atomic E-state index is 0.226. The lowest BCUT2D eigenvalue weighted by Crippen LogP contribution is -2.05. The van der Waals surface area contributed by atoms with Crippen LogP contribution in [-0.4, -0.2) is 17.5 Å². The first-order chi connectivity index (χ1) is 10.5. The molecule has 0 unspecified atom stereocenters. The lowest BCUT2D eigenvalue weighted by atomic mass is 10.0. The Hall–Kier alpha value is -2.76. The van der Waals surface area contributed by atoms with Gasteiger partial charge in [-0.25, -0.2) is 9.18 Å². The largest absolute Gasteiger partial charge is 0.462 e. The van der Waals surface area contributed by atoms with Crippen molar-refractivity contribution in [3.63, 3.8) is 0 Å². The topological polar surface area (TPSA) is 69.4 Å². The molecule has 2 aromatic rings. The van der Waals surface area contributed by atoms with Crippen molar-refractivity contribution < 1.29 is 18.8 Å². The second kappa shape index (κ2) is 6.80. The van der Waals surface area contributed by atoms with E-state index >= 15 is 0 Å². The monoisotopic (exact) mass is 303 g/mol. The van der Waals surface area contributed by atoms with Crippen LogP contribution in [0.4, 0.5) is 10.1 Å². The van der Waals surface area contributed by atoms with Crippen molar-refractivity contribution in [2.75, 3.05) is 6.61 Å². The van der Waals surface area contributed by atoms with Crippen LogP contribution in [0.3, 0.4) is 0 Å². The highest BCUT2D eigenvalue weighted by atomic mass is 19.1. The molecule has 0 heterocycles. The summed E-state index contributed by atoms with van der Waals surface area (Å²) in [5.74, 6) is -1.10. The number of carbonyl (C=O) groups is 1. The first-order valence-electron chi connectivity index (χ1n) is 6.70. The molecule has 0 aliphatic heterocycles. The molecule has 0 aromatic heterocycles. The Balaban J connectivity index is 2.30. The molecule has 5 nitrogen and oxygen atoms in total. The van der Waals surface area contributed by atoms with Crippen LogP contribution in [0, 0.1) is 15.9 Å². The second-order valence-corrected chi connectivity index (χ2v) is 4.63. The average molecular weight is 303 g/mol. The molecule has 0 saturated heterocycles. The summed E-state index contributed by atoms with van der Waals surface area (Å²) in [6, 6.07) is 10.1. The highest BCUT2D eigenvalue weighted by Gasteiger charge is 2.16. The molecule has 22 heavy (non-hydrogen) atoms. The van der Waals surface area contributed by atoms with Gasteiger partial charge in [-0.3, -0.25) is 10.1 Å². The Bertz CT molecular complexity index is 715. The van der Waals surface area contributed by atoms with Gasteiger partial charge in [-0.15, -0.1) is 0 Å². The number of benzene rings is 2. The third-order valence-electron chi connectivity index (χ3n) is 3.08. The number of ether oxygens (including phenoxy) is 1. The van der Waals surface area contributed by atoms with E-state index in [-0.39, 0.29) is 18.7 Å². The summed E-state index contributed by atoms with van der Waals surface area (Å²) >= 11 is 0. The number of hydrogen-bond acceptors (Lipinski definition) is 4. The number of halogens is 1. The van der Waals surface area contributed by atoms with Crippen molar-refractivity contribution in [1.29, 1.82) is 0 Å². The van der Waals surface area contributed by atoms with E-state index in [1.165, 1.54) is 12.1 Å². The van der Waals surface area contributed by atoms with Crippen LogP contribution < -0.4 is 0 Å². The molecule has 0 aliphatic carbocycles. The van der Waals surface area contributed by atoms with Crippen LogP contribution >= 0.6 is 0 Å². The lowest BCUT2D eigenvalue weighted by molar-refractivity contribution is -0.385. The number of nitro groups is 1. The fourth-order valence-electron chi connectivity index (χ4n) is 2.10. The Morgan fingerprint density at radius 3 is 2.73 bits per heavy atom. The van der Waals surface area contributed by atoms with E-state index in [0.717, 1.165) is 6.07 Å². The van der Waals surface area contributed by atoms with E-state index in [2.05, 4.69) is 0 Å². The Labute approximate surface area is 126 Å². The smallest absolute Gasteiger partial charge is 0.338 e. The molecule has 6 heteroatoms. The highest BCUT2D eigenvalue weighted by molar-refractivity contribution is 5.89. The number of carbonyl (C=O) groups excluding carboxylic acids is 1. The van der Waals surface area contributed by atoms with Crippen molar-refractivity contribution in [3.8, 4) is 0 Å². The van der Waals surface area contributed by atoms with Crippen molar-refractivity contribution >= 4 is 11.7 Å². The number of rotatable bonds is 5. The maximum absolute atomic E-state index is 13.1. The highest BCUT2D eigenvalue weighted by Crippen LogP contribution is 2.23. The minimum Gasteiger partial charge on any atom is -0.462 e. The van der Waals surface area contributed by atoms with Gasteiger partial charge < -0.3 is 4.74 Å². The Kier molecular flexibility index (Phi) is 4.83. The quantitative estimate of drug-likeness (QED) is 0.481. The van der Waals surface area contributed by atoms with Crippen LogP contribution in [0.1, 0.15) is 28.4 Å². The molecular weight excluding hydrogens is 289 g/mol. The average Bonchev–Trinajstić information content (AvgIpc) is 2.49. The lowest BCUT2D eigenvalue weighted by Gasteiger charge is -2.06. The molecule has 0 saturated carbocycles. The number of esters is 1. The van der Waals surface area contributed by atoms with Gasteiger partial charge in [0.2, 0.25) is 0 Å². The third kappa shape index (κ3) is 3.66. The number of hydrogen-bond donors (Lipinski definition) is 0. The van der Waals surface area contributed by atoms with E-state index in [0.29, 0.717) is 16.7 Å².